The molecule has 0 fully saturated rings. The van der Waals surface area contributed by atoms with Crippen LogP contribution in [0.3, 0.4) is 0 Å². The van der Waals surface area contributed by atoms with Gasteiger partial charge in [0.05, 0.1) is 0 Å². The minimum atomic E-state index is -0.0370. The van der Waals surface area contributed by atoms with E-state index in [0.717, 1.165) is 0 Å². The molecule has 0 aliphatic carbocycles. The topological polar surface area (TPSA) is 0 Å². The zero-order chi connectivity index (χ0) is 48.4. The largest absolute Gasteiger partial charge is 0.0579 e. The SMILES string of the molecule is CC(C)(C)c1ccc(-c2ccc(C(C)(C)C)cc2-c2cc(-c3cc(C(C)(C)C)ccc3-c3ccc(C(C)(C)C)cc3)cc(-c3cc(C(C)(C)C)ccc3-c3ccc(C(C)(C)C)cc3)c2)cc1. The minimum absolute atomic E-state index is 0.0370. The molecular weight excluding hydrogens is 793 g/mol. The van der Waals surface area contributed by atoms with Gasteiger partial charge in [0.25, 0.3) is 0 Å². The molecule has 0 nitrogen and oxygen atoms in total. The summed E-state index contributed by atoms with van der Waals surface area (Å²) >= 11 is 0. The summed E-state index contributed by atoms with van der Waals surface area (Å²) in [4.78, 5) is 0. The van der Waals surface area contributed by atoms with Crippen molar-refractivity contribution in [3.05, 3.63) is 179 Å². The molecule has 0 saturated carbocycles. The van der Waals surface area contributed by atoms with Crippen LogP contribution in [0.5, 0.6) is 0 Å². The molecule has 0 aliphatic rings. The van der Waals surface area contributed by atoms with Gasteiger partial charge in [0.1, 0.15) is 0 Å². The van der Waals surface area contributed by atoms with E-state index in [2.05, 4.69) is 270 Å². The maximum atomic E-state index is 2.48. The molecule has 0 bridgehead atoms. The molecule has 66 heavy (non-hydrogen) atoms. The van der Waals surface area contributed by atoms with Crippen LogP contribution >= 0.6 is 0 Å². The van der Waals surface area contributed by atoms with E-state index in [4.69, 9.17) is 0 Å². The maximum absolute atomic E-state index is 2.48. The average Bonchev–Trinajstić information content (AvgIpc) is 3.24. The fourth-order valence-electron chi connectivity index (χ4n) is 9.05. The Morgan fingerprint density at radius 2 is 0.348 bits per heavy atom. The van der Waals surface area contributed by atoms with Crippen molar-refractivity contribution in [1.82, 2.24) is 0 Å². The third kappa shape index (κ3) is 10.6. The zero-order valence-electron chi connectivity index (χ0n) is 43.9. The second kappa shape index (κ2) is 17.3. The van der Waals surface area contributed by atoms with Gasteiger partial charge in [-0.25, -0.2) is 0 Å². The maximum Gasteiger partial charge on any atom is -0.0102 e. The Balaban J connectivity index is 1.60. The minimum Gasteiger partial charge on any atom is -0.0579 e. The van der Waals surface area contributed by atoms with Crippen molar-refractivity contribution in [1.29, 1.82) is 0 Å². The molecular formula is C66H78. The highest BCUT2D eigenvalue weighted by atomic mass is 14.3. The number of hydrogen-bond acceptors (Lipinski definition) is 0. The molecule has 0 aliphatic heterocycles. The summed E-state index contributed by atoms with van der Waals surface area (Å²) in [5, 5.41) is 0. The van der Waals surface area contributed by atoms with Gasteiger partial charge >= 0.3 is 0 Å². The molecule has 7 rings (SSSR count). The fourth-order valence-corrected chi connectivity index (χ4v) is 9.05. The Hall–Kier alpha value is -5.46. The lowest BCUT2D eigenvalue weighted by Crippen LogP contribution is -2.12. The van der Waals surface area contributed by atoms with E-state index in [1.54, 1.807) is 0 Å². The highest BCUT2D eigenvalue weighted by molar-refractivity contribution is 5.94. The van der Waals surface area contributed by atoms with Crippen LogP contribution in [-0.4, -0.2) is 0 Å². The van der Waals surface area contributed by atoms with Gasteiger partial charge < -0.3 is 0 Å². The smallest absolute Gasteiger partial charge is 0.0102 e. The van der Waals surface area contributed by atoms with E-state index in [1.807, 2.05) is 0 Å². The Kier molecular flexibility index (Phi) is 12.7. The molecule has 0 unspecified atom stereocenters. The van der Waals surface area contributed by atoms with Gasteiger partial charge in [-0.15, -0.1) is 0 Å². The van der Waals surface area contributed by atoms with Crippen molar-refractivity contribution in [3.8, 4) is 66.8 Å². The third-order valence-corrected chi connectivity index (χ3v) is 13.7. The lowest BCUT2D eigenvalue weighted by Gasteiger charge is -2.25. The number of hydrogen-bond donors (Lipinski definition) is 0. The summed E-state index contributed by atoms with van der Waals surface area (Å²) in [6.45, 7) is 41.6. The van der Waals surface area contributed by atoms with Gasteiger partial charge in [-0.1, -0.05) is 252 Å². The normalized spacial score (nSPS) is 13.0. The Bertz CT molecular complexity index is 2500. The molecule has 342 valence electrons. The summed E-state index contributed by atoms with van der Waals surface area (Å²) in [6, 6.07) is 57.0. The molecule has 7 aromatic rings. The monoisotopic (exact) mass is 871 g/mol. The lowest BCUT2D eigenvalue weighted by molar-refractivity contribution is 0.590. The summed E-state index contributed by atoms with van der Waals surface area (Å²) in [6.07, 6.45) is 0. The second-order valence-corrected chi connectivity index (χ2v) is 25.3. The molecule has 7 aromatic carbocycles. The van der Waals surface area contributed by atoms with Gasteiger partial charge in [0.15, 0.2) is 0 Å². The molecule has 0 atom stereocenters. The van der Waals surface area contributed by atoms with Crippen LogP contribution in [-0.2, 0) is 32.5 Å². The quantitative estimate of drug-likeness (QED) is 0.156. The van der Waals surface area contributed by atoms with E-state index in [0.29, 0.717) is 0 Å². The molecule has 0 heterocycles. The van der Waals surface area contributed by atoms with Crippen LogP contribution in [0.4, 0.5) is 0 Å². The first-order valence-electron chi connectivity index (χ1n) is 24.4. The van der Waals surface area contributed by atoms with E-state index in [1.165, 1.54) is 100 Å². The van der Waals surface area contributed by atoms with Gasteiger partial charge in [0, 0.05) is 0 Å². The van der Waals surface area contributed by atoms with E-state index >= 15 is 0 Å². The first kappa shape index (κ1) is 48.5. The molecule has 0 radical (unpaired) electrons. The molecule has 0 spiro atoms. The van der Waals surface area contributed by atoms with Crippen molar-refractivity contribution in [2.24, 2.45) is 0 Å². The highest BCUT2D eigenvalue weighted by Crippen LogP contribution is 2.46. The highest BCUT2D eigenvalue weighted by Gasteiger charge is 2.24. The zero-order valence-corrected chi connectivity index (χ0v) is 43.9. The van der Waals surface area contributed by atoms with Crippen LogP contribution in [0.2, 0.25) is 0 Å². The van der Waals surface area contributed by atoms with Crippen molar-refractivity contribution in [2.75, 3.05) is 0 Å². The van der Waals surface area contributed by atoms with Crippen LogP contribution < -0.4 is 0 Å². The molecule has 0 heteroatoms. The molecule has 0 amide bonds. The Labute approximate surface area is 401 Å². The fraction of sp³-hybridized carbons (Fsp3) is 0.364. The van der Waals surface area contributed by atoms with Crippen molar-refractivity contribution in [2.45, 2.75) is 157 Å². The van der Waals surface area contributed by atoms with E-state index in [9.17, 15) is 0 Å². The Morgan fingerprint density at radius 1 is 0.167 bits per heavy atom. The summed E-state index contributed by atoms with van der Waals surface area (Å²) < 4.78 is 0. The molecule has 0 N–H and O–H groups in total. The van der Waals surface area contributed by atoms with Crippen LogP contribution in [0.1, 0.15) is 158 Å². The second-order valence-electron chi connectivity index (χ2n) is 25.3. The number of benzene rings is 7. The van der Waals surface area contributed by atoms with Crippen molar-refractivity contribution in [3.63, 3.8) is 0 Å². The Morgan fingerprint density at radius 3 is 0.530 bits per heavy atom. The van der Waals surface area contributed by atoms with Crippen LogP contribution in [0, 0.1) is 0 Å². The molecule has 0 aromatic heterocycles. The van der Waals surface area contributed by atoms with Gasteiger partial charge in [-0.3, -0.25) is 0 Å². The predicted molar refractivity (Wildman–Crippen MR) is 291 cm³/mol. The van der Waals surface area contributed by atoms with E-state index in [-0.39, 0.29) is 32.5 Å². The van der Waals surface area contributed by atoms with Gasteiger partial charge in [0.2, 0.25) is 0 Å². The lowest BCUT2D eigenvalue weighted by atomic mass is 9.79. The predicted octanol–water partition coefficient (Wildman–Crippen LogP) is 19.5. The first-order valence-corrected chi connectivity index (χ1v) is 24.4. The standard InChI is InChI=1S/C66H78/c1-61(2,3)49-25-19-43(20-26-49)55-34-31-52(64(10,11)12)40-58(55)46-37-47(59-41-53(65(13,14)15)32-35-56(59)44-21-27-50(28-22-44)62(4,5)6)39-48(38-46)60-42-54(66(16,17)18)33-36-57(60)45-23-29-51(30-24-45)63(7,8)9/h19-42H,1-18H3. The van der Waals surface area contributed by atoms with Gasteiger partial charge in [-0.2, -0.15) is 0 Å². The summed E-state index contributed by atoms with van der Waals surface area (Å²) in [5.74, 6) is 0. The van der Waals surface area contributed by atoms with E-state index < -0.39 is 0 Å². The summed E-state index contributed by atoms with van der Waals surface area (Å²) in [7, 11) is 0. The first-order chi connectivity index (χ1) is 30.5. The average molecular weight is 871 g/mol. The summed E-state index contributed by atoms with van der Waals surface area (Å²) in [5.41, 5.74) is 22.9. The van der Waals surface area contributed by atoms with Crippen molar-refractivity contribution < 1.29 is 0 Å². The van der Waals surface area contributed by atoms with Crippen molar-refractivity contribution >= 4 is 0 Å². The number of rotatable bonds is 6. The van der Waals surface area contributed by atoms with Gasteiger partial charge in [-0.05, 0) is 151 Å². The van der Waals surface area contributed by atoms with Crippen LogP contribution in [0.25, 0.3) is 66.8 Å². The third-order valence-electron chi connectivity index (χ3n) is 13.7. The molecule has 0 saturated heterocycles. The van der Waals surface area contributed by atoms with Crippen LogP contribution in [0.15, 0.2) is 146 Å².